The van der Waals surface area contributed by atoms with Crippen LogP contribution in [0.2, 0.25) is 0 Å². The Bertz CT molecular complexity index is 854. The van der Waals surface area contributed by atoms with Crippen LogP contribution in [0.5, 0.6) is 0 Å². The molecule has 3 aromatic rings. The number of carbonyl (C=O) groups excluding carboxylic acids is 1. The Morgan fingerprint density at radius 1 is 1.04 bits per heavy atom. The largest absolute Gasteiger partial charge is 0.323 e. The van der Waals surface area contributed by atoms with Gasteiger partial charge in [-0.3, -0.25) is 9.78 Å². The number of hydrogen-bond acceptors (Lipinski definition) is 2. The first-order valence-corrected chi connectivity index (χ1v) is 7.83. The average Bonchev–Trinajstić information content (AvgIpc) is 2.63. The molecule has 0 aliphatic rings. The smallest absolute Gasteiger partial charge is 0.232 e. The van der Waals surface area contributed by atoms with Gasteiger partial charge in [-0.2, -0.15) is 0 Å². The standard InChI is InChI=1S/C20H16F2N2O/c21-16-8-9-19(18(22)12-16)24-20(25)17(15-6-2-1-3-7-15)11-14-5-4-10-23-13-14/h1-10,12-13,17H,11H2,(H,24,25). The molecule has 2 aromatic carbocycles. The summed E-state index contributed by atoms with van der Waals surface area (Å²) in [6.45, 7) is 0. The first kappa shape index (κ1) is 16.8. The molecule has 0 aliphatic heterocycles. The first-order valence-electron chi connectivity index (χ1n) is 7.83. The molecule has 1 amide bonds. The Labute approximate surface area is 144 Å². The summed E-state index contributed by atoms with van der Waals surface area (Å²) in [5.74, 6) is -2.37. The first-order chi connectivity index (χ1) is 12.1. The Morgan fingerprint density at radius 2 is 1.84 bits per heavy atom. The quantitative estimate of drug-likeness (QED) is 0.752. The number of anilines is 1. The van der Waals surface area contributed by atoms with Crippen LogP contribution < -0.4 is 5.32 Å². The van der Waals surface area contributed by atoms with E-state index in [0.29, 0.717) is 6.42 Å². The Kier molecular flexibility index (Phi) is 5.14. The molecule has 0 bridgehead atoms. The third-order valence-electron chi connectivity index (χ3n) is 3.87. The lowest BCUT2D eigenvalue weighted by molar-refractivity contribution is -0.117. The van der Waals surface area contributed by atoms with E-state index in [0.717, 1.165) is 23.3 Å². The molecule has 1 atom stereocenters. The summed E-state index contributed by atoms with van der Waals surface area (Å²) in [5.41, 5.74) is 1.66. The number of rotatable bonds is 5. The van der Waals surface area contributed by atoms with Crippen LogP contribution in [0.25, 0.3) is 0 Å². The fourth-order valence-electron chi connectivity index (χ4n) is 2.61. The van der Waals surface area contributed by atoms with Gasteiger partial charge in [-0.05, 0) is 35.7 Å². The van der Waals surface area contributed by atoms with Crippen molar-refractivity contribution in [1.29, 1.82) is 0 Å². The second-order valence-electron chi connectivity index (χ2n) is 5.64. The number of halogens is 2. The molecule has 1 N–H and O–H groups in total. The molecule has 0 spiro atoms. The number of nitrogens with zero attached hydrogens (tertiary/aromatic N) is 1. The number of hydrogen-bond donors (Lipinski definition) is 1. The zero-order chi connectivity index (χ0) is 17.6. The fourth-order valence-corrected chi connectivity index (χ4v) is 2.61. The minimum absolute atomic E-state index is 0.0430. The maximum atomic E-state index is 13.8. The molecule has 5 heteroatoms. The van der Waals surface area contributed by atoms with E-state index in [1.165, 1.54) is 6.07 Å². The second kappa shape index (κ2) is 7.66. The van der Waals surface area contributed by atoms with Crippen LogP contribution in [0.1, 0.15) is 17.0 Å². The van der Waals surface area contributed by atoms with Crippen molar-refractivity contribution < 1.29 is 13.6 Å². The summed E-state index contributed by atoms with van der Waals surface area (Å²) in [5, 5.41) is 2.56. The molecule has 0 radical (unpaired) electrons. The van der Waals surface area contributed by atoms with E-state index >= 15 is 0 Å². The lowest BCUT2D eigenvalue weighted by Gasteiger charge is -2.17. The van der Waals surface area contributed by atoms with Gasteiger partial charge in [0.05, 0.1) is 11.6 Å². The Morgan fingerprint density at radius 3 is 2.52 bits per heavy atom. The van der Waals surface area contributed by atoms with Gasteiger partial charge >= 0.3 is 0 Å². The van der Waals surface area contributed by atoms with Crippen molar-refractivity contribution in [2.75, 3.05) is 5.32 Å². The monoisotopic (exact) mass is 338 g/mol. The van der Waals surface area contributed by atoms with E-state index in [9.17, 15) is 13.6 Å². The SMILES string of the molecule is O=C(Nc1ccc(F)cc1F)C(Cc1cccnc1)c1ccccc1. The van der Waals surface area contributed by atoms with E-state index in [4.69, 9.17) is 0 Å². The van der Waals surface area contributed by atoms with Gasteiger partial charge in [-0.25, -0.2) is 8.78 Å². The van der Waals surface area contributed by atoms with E-state index in [-0.39, 0.29) is 11.6 Å². The van der Waals surface area contributed by atoms with E-state index in [2.05, 4.69) is 10.3 Å². The zero-order valence-corrected chi connectivity index (χ0v) is 13.3. The summed E-state index contributed by atoms with van der Waals surface area (Å²) in [4.78, 5) is 16.8. The van der Waals surface area contributed by atoms with Crippen molar-refractivity contribution in [1.82, 2.24) is 4.98 Å². The van der Waals surface area contributed by atoms with Crippen LogP contribution in [0, 0.1) is 11.6 Å². The minimum Gasteiger partial charge on any atom is -0.323 e. The highest BCUT2D eigenvalue weighted by Crippen LogP contribution is 2.24. The van der Waals surface area contributed by atoms with Gasteiger partial charge in [0, 0.05) is 18.5 Å². The topological polar surface area (TPSA) is 42.0 Å². The fraction of sp³-hybridized carbons (Fsp3) is 0.100. The van der Waals surface area contributed by atoms with Gasteiger partial charge in [0.25, 0.3) is 0 Å². The van der Waals surface area contributed by atoms with Crippen molar-refractivity contribution in [2.45, 2.75) is 12.3 Å². The van der Waals surface area contributed by atoms with Crippen LogP contribution in [-0.4, -0.2) is 10.9 Å². The third kappa shape index (κ3) is 4.26. The Hall–Kier alpha value is -3.08. The Balaban J connectivity index is 1.87. The van der Waals surface area contributed by atoms with Gasteiger partial charge < -0.3 is 5.32 Å². The third-order valence-corrected chi connectivity index (χ3v) is 3.87. The van der Waals surface area contributed by atoms with Crippen molar-refractivity contribution in [2.24, 2.45) is 0 Å². The van der Waals surface area contributed by atoms with Crippen LogP contribution in [0.4, 0.5) is 14.5 Å². The van der Waals surface area contributed by atoms with Gasteiger partial charge in [0.1, 0.15) is 11.6 Å². The van der Waals surface area contributed by atoms with Gasteiger partial charge in [0.2, 0.25) is 5.91 Å². The molecule has 1 heterocycles. The molecule has 3 nitrogen and oxygen atoms in total. The maximum absolute atomic E-state index is 13.8. The number of amides is 1. The highest BCUT2D eigenvalue weighted by molar-refractivity contribution is 5.96. The summed E-state index contributed by atoms with van der Waals surface area (Å²) < 4.78 is 26.9. The highest BCUT2D eigenvalue weighted by Gasteiger charge is 2.22. The summed E-state index contributed by atoms with van der Waals surface area (Å²) >= 11 is 0. The number of carbonyl (C=O) groups is 1. The number of benzene rings is 2. The van der Waals surface area contributed by atoms with Crippen LogP contribution in [-0.2, 0) is 11.2 Å². The predicted octanol–water partition coefficient (Wildman–Crippen LogP) is 4.32. The summed E-state index contributed by atoms with van der Waals surface area (Å²) in [7, 11) is 0. The van der Waals surface area contributed by atoms with Crippen molar-refractivity contribution in [3.05, 3.63) is 95.8 Å². The predicted molar refractivity (Wildman–Crippen MR) is 92.1 cm³/mol. The van der Waals surface area contributed by atoms with Crippen molar-refractivity contribution >= 4 is 11.6 Å². The lowest BCUT2D eigenvalue weighted by atomic mass is 9.91. The average molecular weight is 338 g/mol. The molecular weight excluding hydrogens is 322 g/mol. The molecule has 0 saturated heterocycles. The normalized spacial score (nSPS) is 11.8. The zero-order valence-electron chi connectivity index (χ0n) is 13.3. The number of pyridine rings is 1. The molecule has 0 aliphatic carbocycles. The van der Waals surface area contributed by atoms with Gasteiger partial charge in [0.15, 0.2) is 0 Å². The van der Waals surface area contributed by atoms with Crippen LogP contribution >= 0.6 is 0 Å². The second-order valence-corrected chi connectivity index (χ2v) is 5.64. The molecular formula is C20H16F2N2O. The van der Waals surface area contributed by atoms with Crippen LogP contribution in [0.15, 0.2) is 73.1 Å². The number of aromatic nitrogens is 1. The summed E-state index contributed by atoms with van der Waals surface area (Å²) in [6.07, 6.45) is 3.78. The maximum Gasteiger partial charge on any atom is 0.232 e. The molecule has 0 fully saturated rings. The molecule has 1 aromatic heterocycles. The van der Waals surface area contributed by atoms with E-state index in [1.807, 2.05) is 36.4 Å². The lowest BCUT2D eigenvalue weighted by Crippen LogP contribution is -2.23. The molecule has 1 unspecified atom stereocenters. The molecule has 126 valence electrons. The van der Waals surface area contributed by atoms with Crippen molar-refractivity contribution in [3.63, 3.8) is 0 Å². The van der Waals surface area contributed by atoms with E-state index < -0.39 is 17.6 Å². The molecule has 0 saturated carbocycles. The highest BCUT2D eigenvalue weighted by atomic mass is 19.1. The van der Waals surface area contributed by atoms with E-state index in [1.54, 1.807) is 18.5 Å². The minimum atomic E-state index is -0.804. The number of nitrogens with one attached hydrogen (secondary N) is 1. The summed E-state index contributed by atoms with van der Waals surface area (Å²) in [6, 6.07) is 16.0. The van der Waals surface area contributed by atoms with Crippen molar-refractivity contribution in [3.8, 4) is 0 Å². The molecule has 25 heavy (non-hydrogen) atoms. The van der Waals surface area contributed by atoms with Gasteiger partial charge in [-0.1, -0.05) is 36.4 Å². The van der Waals surface area contributed by atoms with Crippen LogP contribution in [0.3, 0.4) is 0 Å². The van der Waals surface area contributed by atoms with Gasteiger partial charge in [-0.15, -0.1) is 0 Å². The molecule has 3 rings (SSSR count).